The Bertz CT molecular complexity index is 506. The topological polar surface area (TPSA) is 87.7 Å². The predicted molar refractivity (Wildman–Crippen MR) is 71.8 cm³/mol. The highest BCUT2D eigenvalue weighted by Gasteiger charge is 2.26. The normalized spacial score (nSPS) is 13.4. The molecular weight excluding hydrogens is 273 g/mol. The van der Waals surface area contributed by atoms with Crippen LogP contribution in [-0.2, 0) is 4.79 Å². The smallest absolute Gasteiger partial charge is 0.235 e. The molecule has 0 bridgehead atoms. The second-order valence-corrected chi connectivity index (χ2v) is 4.77. The maximum atomic E-state index is 13.0. The number of nitrogens with zero attached hydrogens (tertiary/aromatic N) is 1. The highest BCUT2D eigenvalue weighted by molar-refractivity contribution is 6.31. The number of hydrogen-bond acceptors (Lipinski definition) is 3. The predicted octanol–water partition coefficient (Wildman–Crippen LogP) is 2.44. The number of oxime groups is 1. The molecule has 1 aromatic rings. The average Bonchev–Trinajstić information content (AvgIpc) is 2.33. The summed E-state index contributed by atoms with van der Waals surface area (Å²) in [5.41, 5.74) is 5.82. The van der Waals surface area contributed by atoms with Gasteiger partial charge in [0.25, 0.3) is 0 Å². The van der Waals surface area contributed by atoms with Crippen LogP contribution in [0.4, 0.5) is 10.1 Å². The van der Waals surface area contributed by atoms with Crippen LogP contribution in [0.5, 0.6) is 0 Å². The van der Waals surface area contributed by atoms with Gasteiger partial charge in [0.1, 0.15) is 11.7 Å². The molecule has 4 N–H and O–H groups in total. The van der Waals surface area contributed by atoms with Crippen molar-refractivity contribution in [1.29, 1.82) is 0 Å². The summed E-state index contributed by atoms with van der Waals surface area (Å²) in [4.78, 5) is 12.0. The molecular formula is C12H15ClFN3O2. The van der Waals surface area contributed by atoms with Crippen LogP contribution in [0.15, 0.2) is 23.4 Å². The fraction of sp³-hybridized carbons (Fsp3) is 0.333. The third-order valence-corrected chi connectivity index (χ3v) is 2.86. The third kappa shape index (κ3) is 3.82. The molecule has 7 heteroatoms. The van der Waals surface area contributed by atoms with E-state index >= 15 is 0 Å². The van der Waals surface area contributed by atoms with Crippen molar-refractivity contribution in [2.75, 3.05) is 5.32 Å². The van der Waals surface area contributed by atoms with Gasteiger partial charge in [-0.05, 0) is 24.1 Å². The van der Waals surface area contributed by atoms with Crippen molar-refractivity contribution < 1.29 is 14.4 Å². The van der Waals surface area contributed by atoms with Gasteiger partial charge in [-0.15, -0.1) is 0 Å². The fourth-order valence-electron chi connectivity index (χ4n) is 1.63. The standard InChI is InChI=1S/C12H15ClFN3O2/c1-6(2)10(11(15)17-19)12(18)16-7-3-4-9(14)8(13)5-7/h3-6,10,19H,1-2H3,(H2,15,17)(H,16,18). The summed E-state index contributed by atoms with van der Waals surface area (Å²) in [6.45, 7) is 3.53. The van der Waals surface area contributed by atoms with Crippen molar-refractivity contribution >= 4 is 29.0 Å². The van der Waals surface area contributed by atoms with Crippen LogP contribution in [0.3, 0.4) is 0 Å². The summed E-state index contributed by atoms with van der Waals surface area (Å²) in [5.74, 6) is -2.15. The SMILES string of the molecule is CC(C)C(C(=O)Nc1ccc(F)c(Cl)c1)C(N)=NO. The lowest BCUT2D eigenvalue weighted by atomic mass is 9.94. The van der Waals surface area contributed by atoms with Gasteiger partial charge in [-0.25, -0.2) is 4.39 Å². The zero-order valence-corrected chi connectivity index (χ0v) is 11.3. The minimum Gasteiger partial charge on any atom is -0.409 e. The molecule has 0 aliphatic carbocycles. The summed E-state index contributed by atoms with van der Waals surface area (Å²) >= 11 is 5.61. The minimum atomic E-state index is -0.783. The number of nitrogens with one attached hydrogen (secondary N) is 1. The molecule has 1 unspecified atom stereocenters. The number of hydrogen-bond donors (Lipinski definition) is 3. The number of carbonyl (C=O) groups excluding carboxylic acids is 1. The summed E-state index contributed by atoms with van der Waals surface area (Å²) in [7, 11) is 0. The second-order valence-electron chi connectivity index (χ2n) is 4.36. The number of nitrogens with two attached hydrogens (primary N) is 1. The number of rotatable bonds is 4. The molecule has 0 heterocycles. The van der Waals surface area contributed by atoms with Crippen LogP contribution in [0.1, 0.15) is 13.8 Å². The molecule has 104 valence electrons. The molecule has 1 atom stereocenters. The molecule has 0 radical (unpaired) electrons. The van der Waals surface area contributed by atoms with Crippen molar-refractivity contribution in [3.8, 4) is 0 Å². The monoisotopic (exact) mass is 287 g/mol. The molecule has 1 rings (SSSR count). The second kappa shape index (κ2) is 6.38. The molecule has 5 nitrogen and oxygen atoms in total. The Morgan fingerprint density at radius 3 is 2.63 bits per heavy atom. The highest BCUT2D eigenvalue weighted by atomic mass is 35.5. The van der Waals surface area contributed by atoms with Crippen LogP contribution in [-0.4, -0.2) is 17.0 Å². The van der Waals surface area contributed by atoms with Crippen LogP contribution < -0.4 is 11.1 Å². The molecule has 19 heavy (non-hydrogen) atoms. The van der Waals surface area contributed by atoms with Crippen molar-refractivity contribution in [3.05, 3.63) is 29.0 Å². The molecule has 0 aliphatic heterocycles. The summed E-state index contributed by atoms with van der Waals surface area (Å²) in [5, 5.41) is 14.0. The first kappa shape index (κ1) is 15.2. The fourth-order valence-corrected chi connectivity index (χ4v) is 1.82. The zero-order valence-electron chi connectivity index (χ0n) is 10.5. The highest BCUT2D eigenvalue weighted by Crippen LogP contribution is 2.21. The molecule has 0 fully saturated rings. The first-order chi connectivity index (χ1) is 8.86. The summed E-state index contributed by atoms with van der Waals surface area (Å²) < 4.78 is 13.0. The van der Waals surface area contributed by atoms with Gasteiger partial charge in [0.15, 0.2) is 5.84 Å². The van der Waals surface area contributed by atoms with E-state index in [9.17, 15) is 9.18 Å². The van der Waals surface area contributed by atoms with Gasteiger partial charge in [-0.1, -0.05) is 30.6 Å². The van der Waals surface area contributed by atoms with E-state index in [1.165, 1.54) is 12.1 Å². The largest absolute Gasteiger partial charge is 0.409 e. The van der Waals surface area contributed by atoms with E-state index in [1.807, 2.05) is 0 Å². The van der Waals surface area contributed by atoms with E-state index < -0.39 is 17.6 Å². The molecule has 0 saturated carbocycles. The molecule has 1 aromatic carbocycles. The van der Waals surface area contributed by atoms with E-state index in [0.29, 0.717) is 5.69 Å². The first-order valence-electron chi connectivity index (χ1n) is 5.60. The lowest BCUT2D eigenvalue weighted by molar-refractivity contribution is -0.119. The van der Waals surface area contributed by atoms with E-state index in [0.717, 1.165) is 6.07 Å². The minimum absolute atomic E-state index is 0.0947. The first-order valence-corrected chi connectivity index (χ1v) is 5.98. The summed E-state index contributed by atoms with van der Waals surface area (Å²) in [6.07, 6.45) is 0. The lowest BCUT2D eigenvalue weighted by Gasteiger charge is -2.18. The van der Waals surface area contributed by atoms with Gasteiger partial charge < -0.3 is 16.3 Å². The number of amidine groups is 1. The van der Waals surface area contributed by atoms with E-state index in [1.54, 1.807) is 13.8 Å². The van der Waals surface area contributed by atoms with E-state index in [4.69, 9.17) is 22.5 Å². The lowest BCUT2D eigenvalue weighted by Crippen LogP contribution is -2.38. The number of benzene rings is 1. The Morgan fingerprint density at radius 2 is 2.16 bits per heavy atom. The molecule has 0 saturated heterocycles. The Kier molecular flexibility index (Phi) is 5.11. The number of carbonyl (C=O) groups is 1. The van der Waals surface area contributed by atoms with Gasteiger partial charge in [0.2, 0.25) is 5.91 Å². The van der Waals surface area contributed by atoms with Gasteiger partial charge in [-0.3, -0.25) is 4.79 Å². The Balaban J connectivity index is 2.90. The molecule has 1 amide bonds. The van der Waals surface area contributed by atoms with E-state index in [-0.39, 0.29) is 16.8 Å². The Hall–Kier alpha value is -1.82. The van der Waals surface area contributed by atoms with Crippen molar-refractivity contribution in [3.63, 3.8) is 0 Å². The average molecular weight is 288 g/mol. The zero-order chi connectivity index (χ0) is 14.6. The Morgan fingerprint density at radius 1 is 1.53 bits per heavy atom. The van der Waals surface area contributed by atoms with E-state index in [2.05, 4.69) is 10.5 Å². The Labute approximate surface area is 115 Å². The third-order valence-electron chi connectivity index (χ3n) is 2.57. The van der Waals surface area contributed by atoms with Crippen LogP contribution in [0, 0.1) is 17.7 Å². The van der Waals surface area contributed by atoms with Crippen LogP contribution in [0.2, 0.25) is 5.02 Å². The van der Waals surface area contributed by atoms with Crippen LogP contribution >= 0.6 is 11.6 Å². The number of anilines is 1. The molecule has 0 aromatic heterocycles. The van der Waals surface area contributed by atoms with Gasteiger partial charge in [0.05, 0.1) is 5.02 Å². The summed E-state index contributed by atoms with van der Waals surface area (Å²) in [6, 6.07) is 3.81. The van der Waals surface area contributed by atoms with Crippen molar-refractivity contribution in [2.45, 2.75) is 13.8 Å². The quantitative estimate of drug-likeness (QED) is 0.344. The van der Waals surface area contributed by atoms with Crippen molar-refractivity contribution in [2.24, 2.45) is 22.7 Å². The van der Waals surface area contributed by atoms with Gasteiger partial charge in [0, 0.05) is 5.69 Å². The molecule has 0 aliphatic rings. The maximum absolute atomic E-state index is 13.0. The number of halogens is 2. The van der Waals surface area contributed by atoms with Crippen LogP contribution in [0.25, 0.3) is 0 Å². The number of amides is 1. The van der Waals surface area contributed by atoms with Gasteiger partial charge >= 0.3 is 0 Å². The van der Waals surface area contributed by atoms with Gasteiger partial charge in [-0.2, -0.15) is 0 Å². The van der Waals surface area contributed by atoms with Crippen molar-refractivity contribution in [1.82, 2.24) is 0 Å². The maximum Gasteiger partial charge on any atom is 0.235 e. The molecule has 0 spiro atoms.